The number of benzene rings is 2. The molecule has 0 unspecified atom stereocenters. The molecule has 0 saturated carbocycles. The van der Waals surface area contributed by atoms with Crippen LogP contribution in [0.25, 0.3) is 0 Å². The third-order valence-electron chi connectivity index (χ3n) is 2.58. The summed E-state index contributed by atoms with van der Waals surface area (Å²) in [6.07, 6.45) is 0. The zero-order chi connectivity index (χ0) is 15.6. The average molecular weight is 346 g/mol. The summed E-state index contributed by atoms with van der Waals surface area (Å²) in [5.74, 6) is -0.506. The number of carbonyl (C=O) groups excluding carboxylic acids is 1. The van der Waals surface area contributed by atoms with Crippen LogP contribution in [0.5, 0.6) is 0 Å². The van der Waals surface area contributed by atoms with E-state index in [4.69, 9.17) is 34.8 Å². The first kappa shape index (κ1) is 15.6. The number of hydrogen-bond donors (Lipinski definition) is 1. The van der Waals surface area contributed by atoms with E-state index < -0.39 is 10.8 Å². The smallest absolute Gasteiger partial charge is 0.289 e. The molecule has 0 heterocycles. The van der Waals surface area contributed by atoms with Gasteiger partial charge in [0.05, 0.1) is 15.5 Å². The second-order valence-electron chi connectivity index (χ2n) is 4.00. The van der Waals surface area contributed by atoms with Crippen molar-refractivity contribution in [3.63, 3.8) is 0 Å². The standard InChI is InChI=1S/C13H7Cl3N2O3/c14-7-1-3-9(11(16)5-7)13(19)17-8-2-4-10(15)12(6-8)18(20)21/h1-6H,(H,17,19). The monoisotopic (exact) mass is 344 g/mol. The van der Waals surface area contributed by atoms with Gasteiger partial charge in [0.2, 0.25) is 0 Å². The van der Waals surface area contributed by atoms with Crippen molar-refractivity contribution in [2.75, 3.05) is 5.32 Å². The molecular weight excluding hydrogens is 339 g/mol. The van der Waals surface area contributed by atoms with Crippen molar-refractivity contribution in [1.29, 1.82) is 0 Å². The van der Waals surface area contributed by atoms with Gasteiger partial charge in [0.1, 0.15) is 5.02 Å². The third-order valence-corrected chi connectivity index (χ3v) is 3.44. The van der Waals surface area contributed by atoms with Gasteiger partial charge in [-0.25, -0.2) is 0 Å². The van der Waals surface area contributed by atoms with Crippen LogP contribution in [0, 0.1) is 10.1 Å². The summed E-state index contributed by atoms with van der Waals surface area (Å²) in [6, 6.07) is 8.37. The van der Waals surface area contributed by atoms with E-state index in [-0.39, 0.29) is 27.0 Å². The van der Waals surface area contributed by atoms with Gasteiger partial charge >= 0.3 is 0 Å². The number of nitrogens with one attached hydrogen (secondary N) is 1. The first-order chi connectivity index (χ1) is 9.88. The predicted octanol–water partition coefficient (Wildman–Crippen LogP) is 4.81. The minimum Gasteiger partial charge on any atom is -0.322 e. The second kappa shape index (κ2) is 6.30. The molecule has 0 aliphatic heterocycles. The van der Waals surface area contributed by atoms with Crippen LogP contribution in [-0.2, 0) is 0 Å². The van der Waals surface area contributed by atoms with Crippen molar-refractivity contribution in [1.82, 2.24) is 0 Å². The molecule has 108 valence electrons. The lowest BCUT2D eigenvalue weighted by Gasteiger charge is -2.07. The maximum absolute atomic E-state index is 12.1. The number of anilines is 1. The van der Waals surface area contributed by atoms with E-state index in [1.807, 2.05) is 0 Å². The number of rotatable bonds is 3. The van der Waals surface area contributed by atoms with Gasteiger partial charge in [-0.15, -0.1) is 0 Å². The minimum atomic E-state index is -0.632. The van der Waals surface area contributed by atoms with E-state index >= 15 is 0 Å². The SMILES string of the molecule is O=C(Nc1ccc(Cl)c([N+](=O)[O-])c1)c1ccc(Cl)cc1Cl. The first-order valence-electron chi connectivity index (χ1n) is 5.59. The van der Waals surface area contributed by atoms with E-state index in [9.17, 15) is 14.9 Å². The van der Waals surface area contributed by atoms with Gasteiger partial charge in [-0.1, -0.05) is 34.8 Å². The van der Waals surface area contributed by atoms with Crippen LogP contribution in [0.4, 0.5) is 11.4 Å². The maximum atomic E-state index is 12.1. The highest BCUT2D eigenvalue weighted by molar-refractivity contribution is 6.37. The minimum absolute atomic E-state index is 0.0116. The molecule has 0 saturated heterocycles. The average Bonchev–Trinajstić information content (AvgIpc) is 2.40. The predicted molar refractivity (Wildman–Crippen MR) is 82.5 cm³/mol. The fraction of sp³-hybridized carbons (Fsp3) is 0. The summed E-state index contributed by atoms with van der Waals surface area (Å²) < 4.78 is 0. The zero-order valence-electron chi connectivity index (χ0n) is 10.3. The summed E-state index contributed by atoms with van der Waals surface area (Å²) >= 11 is 17.4. The van der Waals surface area contributed by atoms with Gasteiger partial charge in [0.25, 0.3) is 11.6 Å². The topological polar surface area (TPSA) is 72.2 Å². The van der Waals surface area contributed by atoms with E-state index in [2.05, 4.69) is 5.32 Å². The Morgan fingerprint density at radius 3 is 2.38 bits per heavy atom. The molecular formula is C13H7Cl3N2O3. The quantitative estimate of drug-likeness (QED) is 0.641. The molecule has 0 atom stereocenters. The molecule has 5 nitrogen and oxygen atoms in total. The molecule has 2 rings (SSSR count). The van der Waals surface area contributed by atoms with Crippen LogP contribution in [-0.4, -0.2) is 10.8 Å². The number of carbonyl (C=O) groups is 1. The first-order valence-corrected chi connectivity index (χ1v) is 6.72. The number of hydrogen-bond acceptors (Lipinski definition) is 3. The highest BCUT2D eigenvalue weighted by Crippen LogP contribution is 2.28. The molecule has 0 aromatic heterocycles. The van der Waals surface area contributed by atoms with Crippen molar-refractivity contribution in [3.8, 4) is 0 Å². The molecule has 0 aliphatic rings. The van der Waals surface area contributed by atoms with E-state index in [0.717, 1.165) is 0 Å². The lowest BCUT2D eigenvalue weighted by Crippen LogP contribution is -2.12. The van der Waals surface area contributed by atoms with Gasteiger partial charge in [0, 0.05) is 16.8 Å². The van der Waals surface area contributed by atoms with E-state index in [0.29, 0.717) is 5.02 Å². The normalized spacial score (nSPS) is 10.2. The Kier molecular flexibility index (Phi) is 4.67. The largest absolute Gasteiger partial charge is 0.322 e. The highest BCUT2D eigenvalue weighted by atomic mass is 35.5. The molecule has 1 N–H and O–H groups in total. The summed E-state index contributed by atoms with van der Waals surface area (Å²) in [5.41, 5.74) is 0.150. The lowest BCUT2D eigenvalue weighted by atomic mass is 10.2. The summed E-state index contributed by atoms with van der Waals surface area (Å²) in [7, 11) is 0. The number of nitro benzene ring substituents is 1. The summed E-state index contributed by atoms with van der Waals surface area (Å²) in [5, 5.41) is 13.9. The van der Waals surface area contributed by atoms with Crippen LogP contribution in [0.1, 0.15) is 10.4 Å². The molecule has 0 fully saturated rings. The van der Waals surface area contributed by atoms with Crippen LogP contribution < -0.4 is 5.32 Å². The molecule has 2 aromatic carbocycles. The highest BCUT2D eigenvalue weighted by Gasteiger charge is 2.15. The number of amides is 1. The fourth-order valence-corrected chi connectivity index (χ4v) is 2.28. The fourth-order valence-electron chi connectivity index (χ4n) is 1.60. The second-order valence-corrected chi connectivity index (χ2v) is 5.25. The maximum Gasteiger partial charge on any atom is 0.289 e. The Labute approximate surface area is 134 Å². The molecule has 1 amide bonds. The van der Waals surface area contributed by atoms with Crippen LogP contribution in [0.15, 0.2) is 36.4 Å². The molecule has 21 heavy (non-hydrogen) atoms. The van der Waals surface area contributed by atoms with Gasteiger partial charge in [-0.2, -0.15) is 0 Å². The number of halogens is 3. The van der Waals surface area contributed by atoms with Gasteiger partial charge < -0.3 is 5.32 Å². The Bertz CT molecular complexity index is 735. The number of nitrogens with zero attached hydrogens (tertiary/aromatic N) is 1. The van der Waals surface area contributed by atoms with Crippen molar-refractivity contribution in [3.05, 3.63) is 67.1 Å². The zero-order valence-corrected chi connectivity index (χ0v) is 12.5. The van der Waals surface area contributed by atoms with Crippen LogP contribution in [0.2, 0.25) is 15.1 Å². The molecule has 0 bridgehead atoms. The van der Waals surface area contributed by atoms with Crippen molar-refractivity contribution in [2.24, 2.45) is 0 Å². The number of nitro groups is 1. The Balaban J connectivity index is 2.27. The molecule has 8 heteroatoms. The Hall–Kier alpha value is -1.82. The van der Waals surface area contributed by atoms with Gasteiger partial charge in [-0.3, -0.25) is 14.9 Å². The van der Waals surface area contributed by atoms with E-state index in [1.165, 1.54) is 36.4 Å². The molecule has 0 spiro atoms. The third kappa shape index (κ3) is 3.64. The van der Waals surface area contributed by atoms with Gasteiger partial charge in [-0.05, 0) is 30.3 Å². The van der Waals surface area contributed by atoms with Crippen molar-refractivity contribution < 1.29 is 9.72 Å². The van der Waals surface area contributed by atoms with Crippen molar-refractivity contribution in [2.45, 2.75) is 0 Å². The summed E-state index contributed by atoms with van der Waals surface area (Å²) in [4.78, 5) is 22.2. The van der Waals surface area contributed by atoms with Crippen LogP contribution >= 0.6 is 34.8 Å². The molecule has 2 aromatic rings. The summed E-state index contributed by atoms with van der Waals surface area (Å²) in [6.45, 7) is 0. The molecule has 0 aliphatic carbocycles. The lowest BCUT2D eigenvalue weighted by molar-refractivity contribution is -0.384. The molecule has 0 radical (unpaired) electrons. The van der Waals surface area contributed by atoms with E-state index in [1.54, 1.807) is 0 Å². The Morgan fingerprint density at radius 2 is 1.76 bits per heavy atom. The van der Waals surface area contributed by atoms with Gasteiger partial charge in [0.15, 0.2) is 0 Å². The van der Waals surface area contributed by atoms with Crippen molar-refractivity contribution >= 4 is 52.1 Å². The Morgan fingerprint density at radius 1 is 1.05 bits per heavy atom. The van der Waals surface area contributed by atoms with Crippen LogP contribution in [0.3, 0.4) is 0 Å².